The summed E-state index contributed by atoms with van der Waals surface area (Å²) in [6.45, 7) is 4.39. The number of carbonyl (C=O) groups is 1. The third kappa shape index (κ3) is 3.09. The highest BCUT2D eigenvalue weighted by atomic mass is 32.2. The van der Waals surface area contributed by atoms with Crippen molar-refractivity contribution >= 4 is 15.6 Å². The van der Waals surface area contributed by atoms with Gasteiger partial charge in [-0.15, -0.1) is 0 Å². The molecule has 2 rings (SSSR count). The second-order valence-corrected chi connectivity index (χ2v) is 8.35. The predicted octanol–water partition coefficient (Wildman–Crippen LogP) is 2.06. The van der Waals surface area contributed by atoms with Crippen LogP contribution in [0, 0.1) is 23.7 Å². The second kappa shape index (κ2) is 4.71. The minimum Gasteiger partial charge on any atom is -0.299 e. The Labute approximate surface area is 104 Å². The van der Waals surface area contributed by atoms with E-state index in [2.05, 4.69) is 13.8 Å². The lowest BCUT2D eigenvalue weighted by atomic mass is 9.73. The molecule has 0 bridgehead atoms. The van der Waals surface area contributed by atoms with E-state index in [-0.39, 0.29) is 29.1 Å². The van der Waals surface area contributed by atoms with Gasteiger partial charge in [0.25, 0.3) is 0 Å². The summed E-state index contributed by atoms with van der Waals surface area (Å²) in [5, 5.41) is 0. The quantitative estimate of drug-likeness (QED) is 0.762. The van der Waals surface area contributed by atoms with Gasteiger partial charge < -0.3 is 0 Å². The van der Waals surface area contributed by atoms with Crippen molar-refractivity contribution < 1.29 is 13.2 Å². The topological polar surface area (TPSA) is 51.2 Å². The van der Waals surface area contributed by atoms with Gasteiger partial charge in [0.2, 0.25) is 0 Å². The Kier molecular flexibility index (Phi) is 3.62. The summed E-state index contributed by atoms with van der Waals surface area (Å²) in [6, 6.07) is 0. The summed E-state index contributed by atoms with van der Waals surface area (Å²) in [5.41, 5.74) is 0. The van der Waals surface area contributed by atoms with Crippen LogP contribution in [0.15, 0.2) is 0 Å². The molecule has 1 saturated carbocycles. The Hall–Kier alpha value is -0.380. The maximum absolute atomic E-state index is 12.3. The molecule has 0 radical (unpaired) electrons. The minimum atomic E-state index is -2.93. The van der Waals surface area contributed by atoms with Crippen LogP contribution in [-0.2, 0) is 14.6 Å². The van der Waals surface area contributed by atoms with Gasteiger partial charge in [0.15, 0.2) is 9.84 Å². The van der Waals surface area contributed by atoms with Crippen molar-refractivity contribution in [2.24, 2.45) is 23.7 Å². The van der Waals surface area contributed by atoms with Crippen LogP contribution in [0.3, 0.4) is 0 Å². The Balaban J connectivity index is 2.00. The van der Waals surface area contributed by atoms with Gasteiger partial charge in [-0.05, 0) is 37.5 Å². The van der Waals surface area contributed by atoms with Gasteiger partial charge >= 0.3 is 0 Å². The van der Waals surface area contributed by atoms with E-state index in [1.165, 1.54) is 6.42 Å². The number of hydrogen-bond donors (Lipinski definition) is 0. The molecular weight excluding hydrogens is 236 g/mol. The van der Waals surface area contributed by atoms with Gasteiger partial charge in [0, 0.05) is 11.8 Å². The van der Waals surface area contributed by atoms with Gasteiger partial charge in [-0.25, -0.2) is 8.42 Å². The molecule has 0 aromatic carbocycles. The molecule has 0 spiro atoms. The normalized spacial score (nSPS) is 41.3. The van der Waals surface area contributed by atoms with Gasteiger partial charge in [-0.2, -0.15) is 0 Å². The lowest BCUT2D eigenvalue weighted by molar-refractivity contribution is -0.128. The number of rotatable bonds is 2. The van der Waals surface area contributed by atoms with Crippen LogP contribution in [0.5, 0.6) is 0 Å². The van der Waals surface area contributed by atoms with E-state index < -0.39 is 9.84 Å². The fourth-order valence-electron chi connectivity index (χ4n) is 3.53. The maximum atomic E-state index is 12.3. The average Bonchev–Trinajstić information content (AvgIpc) is 2.56. The number of carbonyl (C=O) groups excluding carboxylic acids is 1. The fourth-order valence-corrected chi connectivity index (χ4v) is 5.29. The first-order valence-electron chi connectivity index (χ1n) is 6.61. The van der Waals surface area contributed by atoms with Crippen LogP contribution >= 0.6 is 0 Å². The third-order valence-corrected chi connectivity index (χ3v) is 5.98. The van der Waals surface area contributed by atoms with Gasteiger partial charge in [0.1, 0.15) is 5.78 Å². The van der Waals surface area contributed by atoms with E-state index in [0.29, 0.717) is 18.3 Å². The van der Waals surface area contributed by atoms with Crippen LogP contribution < -0.4 is 0 Å². The zero-order valence-corrected chi connectivity index (χ0v) is 11.5. The zero-order valence-electron chi connectivity index (χ0n) is 10.7. The van der Waals surface area contributed by atoms with Crippen molar-refractivity contribution in [1.29, 1.82) is 0 Å². The summed E-state index contributed by atoms with van der Waals surface area (Å²) >= 11 is 0. The minimum absolute atomic E-state index is 0.102. The Morgan fingerprint density at radius 1 is 1.00 bits per heavy atom. The van der Waals surface area contributed by atoms with Crippen molar-refractivity contribution in [1.82, 2.24) is 0 Å². The number of hydrogen-bond acceptors (Lipinski definition) is 3. The second-order valence-electron chi connectivity index (χ2n) is 6.12. The van der Waals surface area contributed by atoms with E-state index in [0.717, 1.165) is 12.8 Å². The molecule has 1 aliphatic heterocycles. The molecule has 3 unspecified atom stereocenters. The van der Waals surface area contributed by atoms with Crippen LogP contribution in [-0.4, -0.2) is 25.7 Å². The number of Topliss-reactive ketones (excluding diaryl/α,β-unsaturated/α-hetero) is 1. The molecule has 0 aromatic rings. The molecule has 4 heteroatoms. The third-order valence-electron chi connectivity index (χ3n) is 4.22. The molecule has 1 heterocycles. The number of ketones is 1. The van der Waals surface area contributed by atoms with Crippen LogP contribution in [0.1, 0.15) is 39.5 Å². The molecule has 3 atom stereocenters. The summed E-state index contributed by atoms with van der Waals surface area (Å²) in [5.74, 6) is 1.65. The van der Waals surface area contributed by atoms with Crippen molar-refractivity contribution in [2.45, 2.75) is 39.5 Å². The van der Waals surface area contributed by atoms with E-state index in [9.17, 15) is 13.2 Å². The van der Waals surface area contributed by atoms with Gasteiger partial charge in [-0.3, -0.25) is 4.79 Å². The van der Waals surface area contributed by atoms with E-state index in [1.54, 1.807) is 0 Å². The van der Waals surface area contributed by atoms with Crippen LogP contribution in [0.25, 0.3) is 0 Å². The molecule has 98 valence electrons. The lowest BCUT2D eigenvalue weighted by Gasteiger charge is -2.31. The monoisotopic (exact) mass is 258 g/mol. The average molecular weight is 258 g/mol. The fraction of sp³-hybridized carbons (Fsp3) is 0.923. The molecule has 2 aliphatic rings. The highest BCUT2D eigenvalue weighted by molar-refractivity contribution is 7.91. The molecule has 3 nitrogen and oxygen atoms in total. The summed E-state index contributed by atoms with van der Waals surface area (Å²) in [4.78, 5) is 12.3. The largest absolute Gasteiger partial charge is 0.299 e. The molecule has 1 saturated heterocycles. The summed E-state index contributed by atoms with van der Waals surface area (Å²) in [6.07, 6.45) is 3.67. The first-order chi connectivity index (χ1) is 7.87. The zero-order chi connectivity index (χ0) is 12.6. The van der Waals surface area contributed by atoms with Crippen LogP contribution in [0.4, 0.5) is 0 Å². The van der Waals surface area contributed by atoms with Crippen molar-refractivity contribution in [3.63, 3.8) is 0 Å². The molecule has 17 heavy (non-hydrogen) atoms. The van der Waals surface area contributed by atoms with Crippen molar-refractivity contribution in [3.8, 4) is 0 Å². The summed E-state index contributed by atoms with van der Waals surface area (Å²) in [7, 11) is -2.93. The predicted molar refractivity (Wildman–Crippen MR) is 67.4 cm³/mol. The van der Waals surface area contributed by atoms with Crippen LogP contribution in [0.2, 0.25) is 0 Å². The standard InChI is InChI=1S/C13H22O3S/c1-9-5-10(2)7-12(6-9)13(14)11-3-4-17(15,16)8-11/h9-12H,3-8H2,1-2H3. The number of sulfone groups is 1. The molecule has 2 fully saturated rings. The smallest absolute Gasteiger partial charge is 0.151 e. The summed E-state index contributed by atoms with van der Waals surface area (Å²) < 4.78 is 22.8. The van der Waals surface area contributed by atoms with E-state index >= 15 is 0 Å². The Morgan fingerprint density at radius 2 is 1.59 bits per heavy atom. The van der Waals surface area contributed by atoms with Gasteiger partial charge in [0.05, 0.1) is 11.5 Å². The lowest BCUT2D eigenvalue weighted by Crippen LogP contribution is -2.31. The first kappa shape index (κ1) is 13.1. The molecule has 1 aliphatic carbocycles. The Bertz CT molecular complexity index is 389. The molecule has 0 aromatic heterocycles. The maximum Gasteiger partial charge on any atom is 0.151 e. The highest BCUT2D eigenvalue weighted by Crippen LogP contribution is 2.36. The van der Waals surface area contributed by atoms with E-state index in [1.807, 2.05) is 0 Å². The first-order valence-corrected chi connectivity index (χ1v) is 8.43. The van der Waals surface area contributed by atoms with Crippen molar-refractivity contribution in [3.05, 3.63) is 0 Å². The molecular formula is C13H22O3S. The molecule has 0 N–H and O–H groups in total. The molecule has 0 amide bonds. The highest BCUT2D eigenvalue weighted by Gasteiger charge is 2.38. The van der Waals surface area contributed by atoms with Crippen molar-refractivity contribution in [2.75, 3.05) is 11.5 Å². The van der Waals surface area contributed by atoms with Gasteiger partial charge in [-0.1, -0.05) is 13.8 Å². The Morgan fingerprint density at radius 3 is 2.06 bits per heavy atom. The van der Waals surface area contributed by atoms with E-state index in [4.69, 9.17) is 0 Å². The SMILES string of the molecule is CC1CC(C)CC(C(=O)C2CCS(=O)(=O)C2)C1.